The first-order valence-corrected chi connectivity index (χ1v) is 8.98. The number of hydrogen-bond acceptors (Lipinski definition) is 7. The molecule has 11 nitrogen and oxygen atoms in total. The largest absolute Gasteiger partial charge is 0.453 e. The van der Waals surface area contributed by atoms with Gasteiger partial charge in [0, 0.05) is 6.20 Å². The Morgan fingerprint density at radius 1 is 1.40 bits per heavy atom. The summed E-state index contributed by atoms with van der Waals surface area (Å²) in [7, 11) is 1.24. The molecule has 0 bridgehead atoms. The number of aromatic nitrogens is 5. The molecule has 1 aliphatic rings. The van der Waals surface area contributed by atoms with E-state index in [-0.39, 0.29) is 18.8 Å². The van der Waals surface area contributed by atoms with Gasteiger partial charge in [-0.1, -0.05) is 0 Å². The van der Waals surface area contributed by atoms with Gasteiger partial charge in [0.1, 0.15) is 24.6 Å². The molecule has 30 heavy (non-hydrogen) atoms. The summed E-state index contributed by atoms with van der Waals surface area (Å²) in [6, 6.07) is 4.43. The average molecular weight is 415 g/mol. The zero-order valence-corrected chi connectivity index (χ0v) is 15.9. The molecule has 3 aromatic rings. The average Bonchev–Trinajstić information content (AvgIpc) is 3.48. The lowest BCUT2D eigenvalue weighted by Gasteiger charge is -2.14. The van der Waals surface area contributed by atoms with Crippen LogP contribution in [0.15, 0.2) is 43.4 Å². The van der Waals surface area contributed by atoms with Crippen molar-refractivity contribution in [3.63, 3.8) is 0 Å². The molecule has 12 heteroatoms. The molecule has 0 aliphatic carbocycles. The summed E-state index contributed by atoms with van der Waals surface area (Å²) >= 11 is 0. The summed E-state index contributed by atoms with van der Waals surface area (Å²) in [6.07, 6.45) is 4.39. The first-order valence-electron chi connectivity index (χ1n) is 8.98. The lowest BCUT2D eigenvalue weighted by atomic mass is 10.2. The number of halogens is 1. The van der Waals surface area contributed by atoms with E-state index in [1.165, 1.54) is 30.7 Å². The second-order valence-electron chi connectivity index (χ2n) is 6.49. The van der Waals surface area contributed by atoms with Crippen molar-refractivity contribution in [3.8, 4) is 5.69 Å². The van der Waals surface area contributed by atoms with E-state index in [4.69, 9.17) is 4.74 Å². The van der Waals surface area contributed by atoms with Crippen LogP contribution in [0.2, 0.25) is 0 Å². The van der Waals surface area contributed by atoms with Crippen molar-refractivity contribution >= 4 is 17.9 Å². The van der Waals surface area contributed by atoms with Gasteiger partial charge in [-0.2, -0.15) is 5.10 Å². The van der Waals surface area contributed by atoms with Gasteiger partial charge in [0.2, 0.25) is 0 Å². The molecule has 4 rings (SSSR count). The maximum absolute atomic E-state index is 14.8. The minimum absolute atomic E-state index is 0.0963. The normalized spacial score (nSPS) is 15.9. The minimum atomic E-state index is -0.622. The fraction of sp³-hybridized carbons (Fsp3) is 0.278. The van der Waals surface area contributed by atoms with Crippen molar-refractivity contribution in [1.82, 2.24) is 29.6 Å². The van der Waals surface area contributed by atoms with Gasteiger partial charge in [-0.15, -0.1) is 0 Å². The first kappa shape index (κ1) is 19.4. The van der Waals surface area contributed by atoms with Gasteiger partial charge >= 0.3 is 12.2 Å². The summed E-state index contributed by atoms with van der Waals surface area (Å²) in [4.78, 5) is 32.7. The number of nitrogens with zero attached hydrogens (tertiary/aromatic N) is 6. The van der Waals surface area contributed by atoms with Gasteiger partial charge in [-0.25, -0.2) is 28.6 Å². The number of hydrogen-bond donors (Lipinski definition) is 1. The molecule has 2 aromatic heterocycles. The topological polar surface area (TPSA) is 116 Å². The molecule has 1 aromatic carbocycles. The Labute approximate surface area is 170 Å². The van der Waals surface area contributed by atoms with E-state index in [1.807, 2.05) is 0 Å². The monoisotopic (exact) mass is 415 g/mol. The number of carbonyl (C=O) groups excluding carboxylic acids is 2. The standard InChI is InChI=1S/C18H18FN7O4/c1-29-17(27)21-5-14-8-26(18(28)30-14)13-2-3-16(15(19)4-13)24-6-12(22-11-24)7-25-10-20-9-23-25/h2-4,6,9-11,14H,5,7-8H2,1H3,(H,21,27). The number of amides is 2. The summed E-state index contributed by atoms with van der Waals surface area (Å²) in [5, 5.41) is 6.48. The Bertz CT molecular complexity index is 1050. The highest BCUT2D eigenvalue weighted by Crippen LogP contribution is 2.25. The fourth-order valence-electron chi connectivity index (χ4n) is 3.04. The molecule has 1 atom stereocenters. The number of nitrogens with one attached hydrogen (secondary N) is 1. The van der Waals surface area contributed by atoms with E-state index in [2.05, 4.69) is 25.1 Å². The number of benzene rings is 1. The zero-order valence-electron chi connectivity index (χ0n) is 15.9. The molecular weight excluding hydrogens is 397 g/mol. The lowest BCUT2D eigenvalue weighted by Crippen LogP contribution is -2.34. The number of rotatable bonds is 6. The van der Waals surface area contributed by atoms with Gasteiger partial charge in [0.15, 0.2) is 0 Å². The molecule has 2 amide bonds. The summed E-state index contributed by atoms with van der Waals surface area (Å²) < 4.78 is 27.6. The molecule has 0 spiro atoms. The molecule has 0 saturated carbocycles. The SMILES string of the molecule is COC(=O)NCC1CN(c2ccc(-n3cnc(Cn4cncn4)c3)c(F)c2)C(=O)O1. The number of ether oxygens (including phenoxy) is 2. The van der Waals surface area contributed by atoms with Crippen molar-refractivity contribution in [1.29, 1.82) is 0 Å². The third-order valence-corrected chi connectivity index (χ3v) is 4.48. The Morgan fingerprint density at radius 2 is 2.27 bits per heavy atom. The molecule has 1 saturated heterocycles. The third kappa shape index (κ3) is 4.06. The fourth-order valence-corrected chi connectivity index (χ4v) is 3.04. The molecular formula is C18H18FN7O4. The molecule has 156 valence electrons. The Morgan fingerprint density at radius 3 is 3.00 bits per heavy atom. The molecule has 0 radical (unpaired) electrons. The van der Waals surface area contributed by atoms with Crippen LogP contribution in [0.4, 0.5) is 19.7 Å². The number of carbonyl (C=O) groups is 2. The number of cyclic esters (lactones) is 1. The van der Waals surface area contributed by atoms with Gasteiger partial charge in [-0.05, 0) is 18.2 Å². The Hall–Kier alpha value is -3.96. The summed E-state index contributed by atoms with van der Waals surface area (Å²) in [5.41, 5.74) is 1.32. The molecule has 1 fully saturated rings. The van der Waals surface area contributed by atoms with E-state index in [0.717, 1.165) is 0 Å². The minimum Gasteiger partial charge on any atom is -0.453 e. The van der Waals surface area contributed by atoms with Crippen LogP contribution in [-0.4, -0.2) is 62.8 Å². The summed E-state index contributed by atoms with van der Waals surface area (Å²) in [5.74, 6) is -0.527. The lowest BCUT2D eigenvalue weighted by molar-refractivity contribution is 0.132. The van der Waals surface area contributed by atoms with Gasteiger partial charge in [-0.3, -0.25) is 4.90 Å². The quantitative estimate of drug-likeness (QED) is 0.646. The molecule has 1 aliphatic heterocycles. The highest BCUT2D eigenvalue weighted by atomic mass is 19.1. The van der Waals surface area contributed by atoms with Crippen LogP contribution in [0, 0.1) is 5.82 Å². The van der Waals surface area contributed by atoms with Crippen molar-refractivity contribution in [3.05, 3.63) is 54.9 Å². The summed E-state index contributed by atoms with van der Waals surface area (Å²) in [6.45, 7) is 0.682. The van der Waals surface area contributed by atoms with E-state index in [9.17, 15) is 14.0 Å². The second kappa shape index (κ2) is 8.19. The van der Waals surface area contributed by atoms with Crippen molar-refractivity contribution < 1.29 is 23.5 Å². The highest BCUT2D eigenvalue weighted by Gasteiger charge is 2.33. The molecule has 1 unspecified atom stereocenters. The van der Waals surface area contributed by atoms with Gasteiger partial charge < -0.3 is 19.4 Å². The Kier molecular flexibility index (Phi) is 5.28. The van der Waals surface area contributed by atoms with Crippen LogP contribution < -0.4 is 10.2 Å². The van der Waals surface area contributed by atoms with Crippen molar-refractivity contribution in [2.24, 2.45) is 0 Å². The number of anilines is 1. The van der Waals surface area contributed by atoms with E-state index in [0.29, 0.717) is 17.9 Å². The highest BCUT2D eigenvalue weighted by molar-refractivity contribution is 5.90. The number of imidazole rings is 1. The van der Waals surface area contributed by atoms with Crippen LogP contribution in [-0.2, 0) is 16.0 Å². The van der Waals surface area contributed by atoms with E-state index in [1.54, 1.807) is 33.9 Å². The van der Waals surface area contributed by atoms with Crippen molar-refractivity contribution in [2.45, 2.75) is 12.6 Å². The first-order chi connectivity index (χ1) is 14.5. The van der Waals surface area contributed by atoms with Crippen LogP contribution in [0.5, 0.6) is 0 Å². The number of alkyl carbamates (subject to hydrolysis) is 1. The zero-order chi connectivity index (χ0) is 21.1. The van der Waals surface area contributed by atoms with Crippen molar-refractivity contribution in [2.75, 3.05) is 25.1 Å². The van der Waals surface area contributed by atoms with Gasteiger partial charge in [0.25, 0.3) is 0 Å². The maximum Gasteiger partial charge on any atom is 0.414 e. The van der Waals surface area contributed by atoms with Crippen LogP contribution in [0.25, 0.3) is 5.69 Å². The van der Waals surface area contributed by atoms with Crippen LogP contribution >= 0.6 is 0 Å². The predicted octanol–water partition coefficient (Wildman–Crippen LogP) is 1.33. The predicted molar refractivity (Wildman–Crippen MR) is 101 cm³/mol. The second-order valence-corrected chi connectivity index (χ2v) is 6.49. The third-order valence-electron chi connectivity index (χ3n) is 4.48. The van der Waals surface area contributed by atoms with Gasteiger partial charge in [0.05, 0.1) is 50.1 Å². The Balaban J connectivity index is 1.45. The molecule has 3 heterocycles. The number of methoxy groups -OCH3 is 1. The smallest absolute Gasteiger partial charge is 0.414 e. The van der Waals surface area contributed by atoms with Crippen LogP contribution in [0.3, 0.4) is 0 Å². The van der Waals surface area contributed by atoms with Crippen LogP contribution in [0.1, 0.15) is 5.69 Å². The van der Waals surface area contributed by atoms with E-state index >= 15 is 0 Å². The molecule has 1 N–H and O–H groups in total. The maximum atomic E-state index is 14.8. The van der Waals surface area contributed by atoms with E-state index < -0.39 is 24.1 Å².